The highest BCUT2D eigenvalue weighted by atomic mass is 16.5. The van der Waals surface area contributed by atoms with Gasteiger partial charge in [-0.3, -0.25) is 0 Å². The summed E-state index contributed by atoms with van der Waals surface area (Å²) in [7, 11) is 3.38. The SMILES string of the molecule is COCC(C)OC(CNC1CC1)c1cccc(OC)c1. The van der Waals surface area contributed by atoms with Crippen LogP contribution in [0.1, 0.15) is 31.4 Å². The van der Waals surface area contributed by atoms with Crippen LogP contribution in [-0.4, -0.2) is 39.5 Å². The molecule has 2 atom stereocenters. The van der Waals surface area contributed by atoms with E-state index in [1.54, 1.807) is 14.2 Å². The summed E-state index contributed by atoms with van der Waals surface area (Å²) in [6.45, 7) is 3.46. The lowest BCUT2D eigenvalue weighted by Gasteiger charge is -2.23. The van der Waals surface area contributed by atoms with Crippen molar-refractivity contribution < 1.29 is 14.2 Å². The van der Waals surface area contributed by atoms with E-state index in [0.29, 0.717) is 12.6 Å². The number of nitrogens with one attached hydrogen (secondary N) is 1. The molecule has 0 heterocycles. The van der Waals surface area contributed by atoms with Crippen LogP contribution in [0.15, 0.2) is 24.3 Å². The van der Waals surface area contributed by atoms with E-state index in [-0.39, 0.29) is 12.2 Å². The molecule has 1 aromatic carbocycles. The molecule has 2 rings (SSSR count). The molecule has 1 aromatic rings. The Morgan fingerprint density at radius 3 is 2.75 bits per heavy atom. The maximum absolute atomic E-state index is 6.11. The van der Waals surface area contributed by atoms with Crippen LogP contribution in [-0.2, 0) is 9.47 Å². The van der Waals surface area contributed by atoms with Gasteiger partial charge in [-0.15, -0.1) is 0 Å². The van der Waals surface area contributed by atoms with Crippen molar-refractivity contribution in [3.63, 3.8) is 0 Å². The normalized spacial score (nSPS) is 17.8. The Balaban J connectivity index is 2.02. The fraction of sp³-hybridized carbons (Fsp3) is 0.625. The second-order valence-corrected chi connectivity index (χ2v) is 5.35. The zero-order valence-electron chi connectivity index (χ0n) is 12.6. The standard InChI is InChI=1S/C16H25NO3/c1-12(11-18-2)20-16(10-17-14-7-8-14)13-5-4-6-15(9-13)19-3/h4-6,9,12,14,16-17H,7-8,10-11H2,1-3H3. The molecule has 4 nitrogen and oxygen atoms in total. The Morgan fingerprint density at radius 2 is 2.10 bits per heavy atom. The Hall–Kier alpha value is -1.10. The molecule has 0 aromatic heterocycles. The smallest absolute Gasteiger partial charge is 0.119 e. The molecule has 0 aliphatic heterocycles. The lowest BCUT2D eigenvalue weighted by atomic mass is 10.1. The van der Waals surface area contributed by atoms with Crippen molar-refractivity contribution in [3.8, 4) is 5.75 Å². The first kappa shape index (κ1) is 15.3. The Kier molecular flexibility index (Phi) is 5.83. The summed E-state index contributed by atoms with van der Waals surface area (Å²) in [5, 5.41) is 3.53. The lowest BCUT2D eigenvalue weighted by Crippen LogP contribution is -2.28. The largest absolute Gasteiger partial charge is 0.497 e. The van der Waals surface area contributed by atoms with Gasteiger partial charge in [0, 0.05) is 19.7 Å². The third kappa shape index (κ3) is 4.78. The topological polar surface area (TPSA) is 39.7 Å². The molecule has 112 valence electrons. The van der Waals surface area contributed by atoms with Crippen LogP contribution in [0.3, 0.4) is 0 Å². The monoisotopic (exact) mass is 279 g/mol. The van der Waals surface area contributed by atoms with Crippen LogP contribution >= 0.6 is 0 Å². The summed E-state index contributed by atoms with van der Waals surface area (Å²) in [6.07, 6.45) is 2.64. The zero-order chi connectivity index (χ0) is 14.4. The highest BCUT2D eigenvalue weighted by Gasteiger charge is 2.23. The molecule has 0 spiro atoms. The molecule has 1 aliphatic carbocycles. The fourth-order valence-electron chi connectivity index (χ4n) is 2.20. The van der Waals surface area contributed by atoms with E-state index < -0.39 is 0 Å². The summed E-state index contributed by atoms with van der Waals surface area (Å²) in [5.74, 6) is 0.863. The zero-order valence-corrected chi connectivity index (χ0v) is 12.6. The average Bonchev–Trinajstić information content (AvgIpc) is 3.28. The van der Waals surface area contributed by atoms with Gasteiger partial charge in [-0.25, -0.2) is 0 Å². The number of hydrogen-bond acceptors (Lipinski definition) is 4. The molecular formula is C16H25NO3. The first-order valence-corrected chi connectivity index (χ1v) is 7.24. The second-order valence-electron chi connectivity index (χ2n) is 5.35. The van der Waals surface area contributed by atoms with E-state index in [9.17, 15) is 0 Å². The van der Waals surface area contributed by atoms with E-state index in [4.69, 9.17) is 14.2 Å². The highest BCUT2D eigenvalue weighted by Crippen LogP contribution is 2.25. The van der Waals surface area contributed by atoms with Crippen LogP contribution in [0.25, 0.3) is 0 Å². The molecule has 0 saturated heterocycles. The van der Waals surface area contributed by atoms with Crippen molar-refractivity contribution in [1.29, 1.82) is 0 Å². The number of benzene rings is 1. The van der Waals surface area contributed by atoms with Gasteiger partial charge in [0.2, 0.25) is 0 Å². The van der Waals surface area contributed by atoms with Crippen LogP contribution in [0.2, 0.25) is 0 Å². The second kappa shape index (κ2) is 7.62. The van der Waals surface area contributed by atoms with Crippen LogP contribution in [0, 0.1) is 0 Å². The lowest BCUT2D eigenvalue weighted by molar-refractivity contribution is -0.0395. The predicted molar refractivity (Wildman–Crippen MR) is 79.2 cm³/mol. The van der Waals surface area contributed by atoms with Crippen molar-refractivity contribution in [2.24, 2.45) is 0 Å². The molecule has 1 fully saturated rings. The van der Waals surface area contributed by atoms with E-state index in [2.05, 4.69) is 11.4 Å². The minimum atomic E-state index is 0.0239. The van der Waals surface area contributed by atoms with E-state index >= 15 is 0 Å². The summed E-state index contributed by atoms with van der Waals surface area (Å²) in [6, 6.07) is 8.75. The number of hydrogen-bond donors (Lipinski definition) is 1. The molecule has 20 heavy (non-hydrogen) atoms. The summed E-state index contributed by atoms with van der Waals surface area (Å²) >= 11 is 0. The highest BCUT2D eigenvalue weighted by molar-refractivity contribution is 5.30. The van der Waals surface area contributed by atoms with Gasteiger partial charge in [-0.2, -0.15) is 0 Å². The molecular weight excluding hydrogens is 254 g/mol. The van der Waals surface area contributed by atoms with E-state index in [1.807, 2.05) is 25.1 Å². The van der Waals surface area contributed by atoms with E-state index in [1.165, 1.54) is 12.8 Å². The number of rotatable bonds is 9. The maximum atomic E-state index is 6.11. The van der Waals surface area contributed by atoms with Gasteiger partial charge in [-0.1, -0.05) is 12.1 Å². The number of methoxy groups -OCH3 is 2. The van der Waals surface area contributed by atoms with Crippen LogP contribution in [0.4, 0.5) is 0 Å². The molecule has 0 bridgehead atoms. The third-order valence-corrected chi connectivity index (χ3v) is 3.43. The Morgan fingerprint density at radius 1 is 1.30 bits per heavy atom. The number of ether oxygens (including phenoxy) is 3. The van der Waals surface area contributed by atoms with Gasteiger partial charge in [0.25, 0.3) is 0 Å². The minimum absolute atomic E-state index is 0.0239. The van der Waals surface area contributed by atoms with Gasteiger partial charge < -0.3 is 19.5 Å². The predicted octanol–water partition coefficient (Wildman–Crippen LogP) is 2.54. The molecule has 4 heteroatoms. The quantitative estimate of drug-likeness (QED) is 0.754. The fourth-order valence-corrected chi connectivity index (χ4v) is 2.20. The average molecular weight is 279 g/mol. The molecule has 1 N–H and O–H groups in total. The maximum Gasteiger partial charge on any atom is 0.119 e. The Labute approximate surface area is 121 Å². The molecule has 1 aliphatic rings. The van der Waals surface area contributed by atoms with Gasteiger partial charge in [0.1, 0.15) is 5.75 Å². The summed E-state index contributed by atoms with van der Waals surface area (Å²) < 4.78 is 16.6. The van der Waals surface area contributed by atoms with Gasteiger partial charge in [-0.05, 0) is 37.5 Å². The van der Waals surface area contributed by atoms with Gasteiger partial charge >= 0.3 is 0 Å². The summed E-state index contributed by atoms with van der Waals surface area (Å²) in [4.78, 5) is 0. The Bertz CT molecular complexity index is 406. The molecule has 2 unspecified atom stereocenters. The third-order valence-electron chi connectivity index (χ3n) is 3.43. The van der Waals surface area contributed by atoms with E-state index in [0.717, 1.165) is 17.9 Å². The van der Waals surface area contributed by atoms with Crippen molar-refractivity contribution >= 4 is 0 Å². The van der Waals surface area contributed by atoms with Crippen LogP contribution in [0.5, 0.6) is 5.75 Å². The van der Waals surface area contributed by atoms with Gasteiger partial charge in [0.05, 0.1) is 25.9 Å². The van der Waals surface area contributed by atoms with Crippen molar-refractivity contribution in [3.05, 3.63) is 29.8 Å². The first-order chi connectivity index (χ1) is 9.72. The molecule has 0 radical (unpaired) electrons. The first-order valence-electron chi connectivity index (χ1n) is 7.24. The van der Waals surface area contributed by atoms with Crippen molar-refractivity contribution in [1.82, 2.24) is 5.32 Å². The summed E-state index contributed by atoms with van der Waals surface area (Å²) in [5.41, 5.74) is 1.14. The van der Waals surface area contributed by atoms with Crippen molar-refractivity contribution in [2.75, 3.05) is 27.4 Å². The van der Waals surface area contributed by atoms with Crippen molar-refractivity contribution in [2.45, 2.75) is 38.0 Å². The molecule has 1 saturated carbocycles. The minimum Gasteiger partial charge on any atom is -0.497 e. The van der Waals surface area contributed by atoms with Crippen LogP contribution < -0.4 is 10.1 Å². The molecule has 0 amide bonds. The van der Waals surface area contributed by atoms with Gasteiger partial charge in [0.15, 0.2) is 0 Å².